The van der Waals surface area contributed by atoms with E-state index in [1.165, 1.54) is 13.0 Å². The lowest BCUT2D eigenvalue weighted by molar-refractivity contribution is -0.174. The molecule has 54 nitrogen and oxygen atoms in total. The summed E-state index contributed by atoms with van der Waals surface area (Å²) in [6.07, 6.45) is -37.2. The van der Waals surface area contributed by atoms with Crippen LogP contribution in [0.4, 0.5) is 0 Å². The van der Waals surface area contributed by atoms with Crippen molar-refractivity contribution in [1.82, 2.24) is 0 Å². The van der Waals surface area contributed by atoms with Crippen LogP contribution >= 0.6 is 0 Å². The second-order valence-electron chi connectivity index (χ2n) is 24.7. The molecule has 31 N–H and O–H groups in total. The lowest BCUT2D eigenvalue weighted by Gasteiger charge is -2.26. The Balaban J connectivity index is 0.000000273. The molecule has 123 heavy (non-hydrogen) atoms. The highest BCUT2D eigenvalue weighted by molar-refractivity contribution is 6.21. The minimum Gasteiger partial charge on any atom is -0.508 e. The summed E-state index contributed by atoms with van der Waals surface area (Å²) in [5.74, 6) is -31.7. The van der Waals surface area contributed by atoms with Crippen LogP contribution in [0.2, 0.25) is 0 Å². The first-order valence-electron chi connectivity index (χ1n) is 32.7. The van der Waals surface area contributed by atoms with Crippen molar-refractivity contribution < 1.29 is 258 Å². The molecule has 9 rings (SSSR count). The average molecular weight is 1760 g/mol. The molecular formula is C69H66O54. The van der Waals surface area contributed by atoms with Gasteiger partial charge in [-0.1, -0.05) is 0 Å². The van der Waals surface area contributed by atoms with E-state index in [1.807, 2.05) is 0 Å². The average Bonchev–Trinajstić information content (AvgIpc) is 1.08. The quantitative estimate of drug-likeness (QED) is 0.00831. The standard InChI is InChI=1S/C15H8O7.2C14H16O12.C13H14O12.C13H12O11/c1-4-7(16)2-5-9-10-6(14(19)21-12(4)9)3-8(17)11(18)13(10)22-15(5)20;1-25-14(24)10(20)8(18)9(19)11(12(21)22)26-13(23)4-2-5(15)7(17)6(16)3-4;1-25-14(24)11(9(19)8(18)10(20)12(21)22)26-13(23)4-2-5(15)7(17)6(16)3-4;14-4-1-3(2-5(15)6(4)16)13(24)25-10(12(22)23)8(18)7(17)9(19)11(20)21;14-4-1-3(2-5(15)6(4)16)12(21)24-10(11(19)20)9-7(17)8(18)13(22)23-9/h2-3,16-18H,1H3;2*2-3,8-11,15-20H,1H3,(H,21,22);1-2,7-10,14-19H,(H,20,21)(H,22,23);1-2,7-10,14-18H,(H,19,20)/t;2*8-,9+,10+,11-;7-,8+,9+,10-;7-,8-,9-,10+/m.1110/s1. The number of phenols is 15. The zero-order valence-corrected chi connectivity index (χ0v) is 61.3. The zero-order chi connectivity index (χ0) is 93.8. The second kappa shape index (κ2) is 40.3. The van der Waals surface area contributed by atoms with E-state index < -0.39 is 283 Å². The van der Waals surface area contributed by atoms with E-state index in [4.69, 9.17) is 44.6 Å². The number of benzene rings is 6. The van der Waals surface area contributed by atoms with E-state index in [0.717, 1.165) is 20.3 Å². The first-order valence-corrected chi connectivity index (χ1v) is 32.7. The summed E-state index contributed by atoms with van der Waals surface area (Å²) >= 11 is 0. The van der Waals surface area contributed by atoms with E-state index in [0.29, 0.717) is 48.5 Å². The number of ether oxygens (including phenoxy) is 7. The van der Waals surface area contributed by atoms with E-state index in [9.17, 15) is 190 Å². The molecule has 0 radical (unpaired) electrons. The summed E-state index contributed by atoms with van der Waals surface area (Å²) in [7, 11) is 1.71. The third kappa shape index (κ3) is 22.3. The van der Waals surface area contributed by atoms with Crippen LogP contribution in [0.1, 0.15) is 47.0 Å². The Morgan fingerprint density at radius 3 is 0.927 bits per heavy atom. The minimum absolute atomic E-state index is 0.0180. The summed E-state index contributed by atoms with van der Waals surface area (Å²) in [5.41, 5.74) is -3.89. The largest absolute Gasteiger partial charge is 0.508 e. The summed E-state index contributed by atoms with van der Waals surface area (Å²) in [6.45, 7) is 1.53. The Hall–Kier alpha value is -15.5. The fraction of sp³-hybridized carbons (Fsp3) is 0.275. The topological polar surface area (TPSA) is 957 Å². The number of esters is 7. The van der Waals surface area contributed by atoms with Gasteiger partial charge in [-0.25, -0.2) is 67.1 Å². The van der Waals surface area contributed by atoms with E-state index in [-0.39, 0.29) is 44.0 Å². The number of rotatable bonds is 25. The highest BCUT2D eigenvalue weighted by atomic mass is 16.6. The van der Waals surface area contributed by atoms with Crippen molar-refractivity contribution in [1.29, 1.82) is 0 Å². The van der Waals surface area contributed by atoms with Gasteiger partial charge in [0.25, 0.3) is 0 Å². The first kappa shape index (κ1) is 98.0. The van der Waals surface area contributed by atoms with Crippen LogP contribution in [0, 0.1) is 6.92 Å². The Morgan fingerprint density at radius 2 is 0.626 bits per heavy atom. The summed E-state index contributed by atoms with van der Waals surface area (Å²) in [6, 6.07) is 7.50. The number of cyclic esters (lactones) is 1. The number of carboxylic acids is 5. The molecule has 54 heteroatoms. The number of hydrogen-bond donors (Lipinski definition) is 31. The lowest BCUT2D eigenvalue weighted by Crippen LogP contribution is -2.51. The van der Waals surface area contributed by atoms with Gasteiger partial charge >= 0.3 is 82.9 Å². The molecule has 1 fully saturated rings. The summed E-state index contributed by atoms with van der Waals surface area (Å²) < 4.78 is 41.2. The van der Waals surface area contributed by atoms with Gasteiger partial charge in [0.2, 0.25) is 30.2 Å². The number of aliphatic hydroxyl groups is 11. The molecule has 1 saturated heterocycles. The van der Waals surface area contributed by atoms with Gasteiger partial charge in [-0.15, -0.1) is 0 Å². The third-order valence-electron chi connectivity index (χ3n) is 16.5. The normalized spacial score (nSPS) is 16.5. The Labute approximate surface area is 674 Å². The molecule has 0 amide bonds. The Morgan fingerprint density at radius 1 is 0.341 bits per heavy atom. The molecule has 1 aliphatic heterocycles. The molecule has 3 heterocycles. The molecular weight excluding hydrogens is 1690 g/mol. The number of phenolic OH excluding ortho intramolecular Hbond substituents is 15. The van der Waals surface area contributed by atoms with Crippen molar-refractivity contribution >= 4 is 104 Å². The van der Waals surface area contributed by atoms with Crippen molar-refractivity contribution in [3.63, 3.8) is 0 Å². The molecule has 666 valence electrons. The highest BCUT2D eigenvalue weighted by Crippen LogP contribution is 2.44. The van der Waals surface area contributed by atoms with Crippen LogP contribution < -0.4 is 11.3 Å². The van der Waals surface area contributed by atoms with Crippen LogP contribution in [0.15, 0.2) is 79.1 Å². The zero-order valence-electron chi connectivity index (χ0n) is 61.3. The van der Waals surface area contributed by atoms with Crippen LogP contribution in [-0.4, -0.2) is 342 Å². The minimum atomic E-state index is -2.56. The van der Waals surface area contributed by atoms with E-state index >= 15 is 0 Å². The van der Waals surface area contributed by atoms with Crippen LogP contribution in [-0.2, 0) is 71.5 Å². The molecule has 1 aliphatic rings. The van der Waals surface area contributed by atoms with Gasteiger partial charge in [0, 0.05) is 16.3 Å². The predicted molar refractivity (Wildman–Crippen MR) is 378 cm³/mol. The summed E-state index contributed by atoms with van der Waals surface area (Å²) in [5, 5.41) is 290. The van der Waals surface area contributed by atoms with Crippen molar-refractivity contribution in [3.8, 4) is 86.2 Å². The SMILES string of the molecule is COC(=O)[C@@H](O)[C@H](O)[C@H](O)[C@@H](OC(=O)c1cc(O)c(O)c(O)c1)C(=O)O.COC(=O)[C@H](OC(=O)c1cc(O)c(O)c(O)c1)[C@@H](O)[C@@H](O)[C@H](O)C(=O)O.Cc1c(O)cc2c(=O)oc3c(O)c(O)cc4c(=O)oc1c2c34.O=C(O[C@@H](C(=O)O)[C@@H](O)[C@@H](O)[C@H](O)C(=O)O)c1cc(O)c(O)c(O)c1.O=C(O[C@@H](C(=O)O)[C@H]1OC(=O)[C@@H](O)[C@@H]1O)c1cc(O)c(O)c(O)c1. The van der Waals surface area contributed by atoms with Crippen LogP contribution in [0.5, 0.6) is 86.2 Å². The van der Waals surface area contributed by atoms with Gasteiger partial charge in [-0.3, -0.25) is 0 Å². The van der Waals surface area contributed by atoms with Gasteiger partial charge in [0.1, 0.15) is 54.1 Å². The van der Waals surface area contributed by atoms with Crippen molar-refractivity contribution in [2.24, 2.45) is 0 Å². The van der Waals surface area contributed by atoms with Crippen molar-refractivity contribution in [2.45, 2.75) is 105 Å². The van der Waals surface area contributed by atoms with E-state index in [1.54, 1.807) is 0 Å². The monoisotopic (exact) mass is 1760 g/mol. The Bertz CT molecular complexity index is 5320. The smallest absolute Gasteiger partial charge is 0.350 e. The molecule has 0 unspecified atom stereocenters. The summed E-state index contributed by atoms with van der Waals surface area (Å²) in [4.78, 5) is 160. The molecule has 0 spiro atoms. The number of aliphatic carboxylic acids is 5. The fourth-order valence-electron chi connectivity index (χ4n) is 9.99. The van der Waals surface area contributed by atoms with Gasteiger partial charge in [-0.2, -0.15) is 0 Å². The second-order valence-corrected chi connectivity index (χ2v) is 24.7. The maximum Gasteiger partial charge on any atom is 0.350 e. The molecule has 6 aromatic carbocycles. The molecule has 2 aromatic heterocycles. The van der Waals surface area contributed by atoms with Crippen molar-refractivity contribution in [2.75, 3.05) is 14.2 Å². The number of aromatic hydroxyl groups is 15. The fourth-order valence-corrected chi connectivity index (χ4v) is 9.99. The van der Waals surface area contributed by atoms with Crippen LogP contribution in [0.25, 0.3) is 32.7 Å². The van der Waals surface area contributed by atoms with Gasteiger partial charge in [0.15, 0.2) is 111 Å². The molecule has 0 saturated carbocycles. The predicted octanol–water partition coefficient (Wildman–Crippen LogP) is -7.10. The number of carboxylic acid groups (broad SMARTS) is 5. The lowest BCUT2D eigenvalue weighted by atomic mass is 10.00. The number of carbonyl (C=O) groups is 12. The third-order valence-corrected chi connectivity index (χ3v) is 16.5. The number of methoxy groups -OCH3 is 2. The van der Waals surface area contributed by atoms with Gasteiger partial charge in [0.05, 0.1) is 47.2 Å². The highest BCUT2D eigenvalue weighted by Gasteiger charge is 2.52. The maximum atomic E-state index is 12.1. The number of carbonyl (C=O) groups excluding carboxylic acids is 7. The van der Waals surface area contributed by atoms with Crippen LogP contribution in [0.3, 0.4) is 0 Å². The van der Waals surface area contributed by atoms with Crippen molar-refractivity contribution in [3.05, 3.63) is 109 Å². The number of aryl methyl sites for hydroxylation is 1. The molecule has 8 aromatic rings. The van der Waals surface area contributed by atoms with E-state index in [2.05, 4.69) is 33.2 Å². The number of aliphatic hydroxyl groups excluding tert-OH is 11. The van der Waals surface area contributed by atoms with Gasteiger partial charge in [-0.05, 0) is 67.6 Å². The number of hydrogen-bond acceptors (Lipinski definition) is 49. The molecule has 0 bridgehead atoms. The first-order chi connectivity index (χ1) is 57.0. The maximum absolute atomic E-state index is 12.1. The molecule has 0 aliphatic carbocycles. The Kier molecular flexibility index (Phi) is 32.1. The van der Waals surface area contributed by atoms with Gasteiger partial charge < -0.3 is 200 Å². The molecule has 16 atom stereocenters.